The van der Waals surface area contributed by atoms with E-state index in [9.17, 15) is 0 Å². The number of nitrogens with zero attached hydrogens (tertiary/aromatic N) is 3. The van der Waals surface area contributed by atoms with Crippen LogP contribution < -0.4 is 5.32 Å². The van der Waals surface area contributed by atoms with Crippen LogP contribution in [0.15, 0.2) is 12.3 Å². The van der Waals surface area contributed by atoms with Crippen LogP contribution in [0.25, 0.3) is 0 Å². The summed E-state index contributed by atoms with van der Waals surface area (Å²) < 4.78 is 1.97. The summed E-state index contributed by atoms with van der Waals surface area (Å²) in [5.74, 6) is 0. The smallest absolute Gasteiger partial charge is 0.0492 e. The van der Waals surface area contributed by atoms with E-state index < -0.39 is 0 Å². The van der Waals surface area contributed by atoms with Crippen LogP contribution in [-0.2, 0) is 13.5 Å². The highest BCUT2D eigenvalue weighted by Gasteiger charge is 2.17. The molecule has 4 heteroatoms. The van der Waals surface area contributed by atoms with Crippen LogP contribution in [0.2, 0.25) is 0 Å². The second-order valence-corrected chi connectivity index (χ2v) is 4.56. The minimum Gasteiger partial charge on any atom is -0.311 e. The maximum absolute atomic E-state index is 4.20. The van der Waals surface area contributed by atoms with Crippen LogP contribution in [0.5, 0.6) is 0 Å². The Labute approximate surface area is 97.6 Å². The molecule has 1 aliphatic heterocycles. The number of piperazine rings is 1. The van der Waals surface area contributed by atoms with E-state index in [1.54, 1.807) is 0 Å². The van der Waals surface area contributed by atoms with Gasteiger partial charge in [-0.3, -0.25) is 4.68 Å². The van der Waals surface area contributed by atoms with Crippen molar-refractivity contribution in [3.63, 3.8) is 0 Å². The third-order valence-corrected chi connectivity index (χ3v) is 3.44. The molecule has 1 saturated heterocycles. The Bertz CT molecular complexity index is 321. The van der Waals surface area contributed by atoms with Gasteiger partial charge in [-0.15, -0.1) is 0 Å². The molecule has 0 bridgehead atoms. The van der Waals surface area contributed by atoms with E-state index in [1.807, 2.05) is 17.9 Å². The van der Waals surface area contributed by atoms with Crippen molar-refractivity contribution in [3.05, 3.63) is 18.0 Å². The Hall–Kier alpha value is -0.870. The first-order valence-corrected chi connectivity index (χ1v) is 6.22. The van der Waals surface area contributed by atoms with E-state index in [-0.39, 0.29) is 0 Å². The average molecular weight is 222 g/mol. The topological polar surface area (TPSA) is 33.1 Å². The second kappa shape index (κ2) is 5.46. The molecule has 0 radical (unpaired) electrons. The number of nitrogens with one attached hydrogen (secondary N) is 1. The van der Waals surface area contributed by atoms with Crippen molar-refractivity contribution in [3.8, 4) is 0 Å². The van der Waals surface area contributed by atoms with Gasteiger partial charge in [0.05, 0.1) is 0 Å². The minimum atomic E-state index is 0.681. The first-order valence-electron chi connectivity index (χ1n) is 6.22. The summed E-state index contributed by atoms with van der Waals surface area (Å²) in [7, 11) is 2.02. The van der Waals surface area contributed by atoms with Gasteiger partial charge in [-0.25, -0.2) is 0 Å². The Kier molecular flexibility index (Phi) is 3.96. The van der Waals surface area contributed by atoms with Crippen molar-refractivity contribution in [1.29, 1.82) is 0 Å². The van der Waals surface area contributed by atoms with Crippen LogP contribution in [0, 0.1) is 0 Å². The molecule has 2 heterocycles. The fourth-order valence-electron chi connectivity index (χ4n) is 2.29. The van der Waals surface area contributed by atoms with Crippen molar-refractivity contribution in [2.75, 3.05) is 26.2 Å². The molecule has 1 aromatic rings. The van der Waals surface area contributed by atoms with Gasteiger partial charge in [0.25, 0.3) is 0 Å². The second-order valence-electron chi connectivity index (χ2n) is 4.56. The molecule has 0 aromatic carbocycles. The van der Waals surface area contributed by atoms with Crippen molar-refractivity contribution in [2.45, 2.75) is 25.8 Å². The largest absolute Gasteiger partial charge is 0.311 e. The minimum absolute atomic E-state index is 0.681. The van der Waals surface area contributed by atoms with Gasteiger partial charge >= 0.3 is 0 Å². The van der Waals surface area contributed by atoms with E-state index in [2.05, 4.69) is 28.3 Å². The lowest BCUT2D eigenvalue weighted by Gasteiger charge is -2.33. The van der Waals surface area contributed by atoms with Gasteiger partial charge in [-0.1, -0.05) is 6.92 Å². The normalized spacial score (nSPS) is 22.5. The zero-order valence-electron chi connectivity index (χ0n) is 10.3. The highest BCUT2D eigenvalue weighted by Crippen LogP contribution is 2.05. The Morgan fingerprint density at radius 2 is 2.44 bits per heavy atom. The zero-order valence-corrected chi connectivity index (χ0v) is 10.3. The molecule has 1 fully saturated rings. The van der Waals surface area contributed by atoms with Gasteiger partial charge in [0, 0.05) is 57.6 Å². The lowest BCUT2D eigenvalue weighted by Crippen LogP contribution is -2.50. The number of rotatable bonds is 4. The van der Waals surface area contributed by atoms with Crippen molar-refractivity contribution < 1.29 is 0 Å². The molecule has 4 nitrogen and oxygen atoms in total. The van der Waals surface area contributed by atoms with E-state index in [0.29, 0.717) is 6.04 Å². The fraction of sp³-hybridized carbons (Fsp3) is 0.750. The van der Waals surface area contributed by atoms with E-state index >= 15 is 0 Å². The van der Waals surface area contributed by atoms with Crippen molar-refractivity contribution in [2.24, 2.45) is 7.05 Å². The highest BCUT2D eigenvalue weighted by molar-refractivity contribution is 5.00. The highest BCUT2D eigenvalue weighted by atomic mass is 15.3. The quantitative estimate of drug-likeness (QED) is 0.812. The molecule has 0 spiro atoms. The van der Waals surface area contributed by atoms with Gasteiger partial charge in [-0.2, -0.15) is 5.10 Å². The summed E-state index contributed by atoms with van der Waals surface area (Å²) in [6.45, 7) is 6.90. The summed E-state index contributed by atoms with van der Waals surface area (Å²) in [6, 6.07) is 2.79. The maximum atomic E-state index is 4.20. The molecular weight excluding hydrogens is 200 g/mol. The van der Waals surface area contributed by atoms with E-state index in [4.69, 9.17) is 0 Å². The van der Waals surface area contributed by atoms with Crippen molar-refractivity contribution >= 4 is 0 Å². The number of hydrogen-bond donors (Lipinski definition) is 1. The molecule has 1 aliphatic rings. The van der Waals surface area contributed by atoms with E-state index in [1.165, 1.54) is 25.2 Å². The lowest BCUT2D eigenvalue weighted by atomic mass is 10.1. The van der Waals surface area contributed by atoms with Gasteiger partial charge in [0.15, 0.2) is 0 Å². The number of hydrogen-bond acceptors (Lipinski definition) is 3. The number of aryl methyl sites for hydroxylation is 1. The monoisotopic (exact) mass is 222 g/mol. The molecule has 16 heavy (non-hydrogen) atoms. The summed E-state index contributed by atoms with van der Waals surface area (Å²) >= 11 is 0. The standard InChI is InChI=1S/C12H22N4/c1-3-11-10-16(9-7-13-11)8-5-12-4-6-14-15(12)2/h4,6,11,13H,3,5,7-10H2,1-2H3. The third kappa shape index (κ3) is 2.83. The molecule has 2 rings (SSSR count). The van der Waals surface area contributed by atoms with Crippen LogP contribution >= 0.6 is 0 Å². The molecule has 0 saturated carbocycles. The molecule has 0 amide bonds. The van der Waals surface area contributed by atoms with Crippen LogP contribution in [0.3, 0.4) is 0 Å². The zero-order chi connectivity index (χ0) is 11.4. The predicted molar refractivity (Wildman–Crippen MR) is 65.4 cm³/mol. The van der Waals surface area contributed by atoms with Gasteiger partial charge in [-0.05, 0) is 12.5 Å². The molecule has 0 aliphatic carbocycles. The lowest BCUT2D eigenvalue weighted by molar-refractivity contribution is 0.198. The first-order chi connectivity index (χ1) is 7.79. The summed E-state index contributed by atoms with van der Waals surface area (Å²) in [6.07, 6.45) is 4.21. The molecule has 1 N–H and O–H groups in total. The van der Waals surface area contributed by atoms with Gasteiger partial charge in [0.2, 0.25) is 0 Å². The number of aromatic nitrogens is 2. The van der Waals surface area contributed by atoms with E-state index in [0.717, 1.165) is 19.5 Å². The Balaban J connectivity index is 1.79. The predicted octanol–water partition coefficient (Wildman–Crippen LogP) is 0.646. The third-order valence-electron chi connectivity index (χ3n) is 3.44. The van der Waals surface area contributed by atoms with Crippen LogP contribution in [0.1, 0.15) is 19.0 Å². The van der Waals surface area contributed by atoms with Crippen molar-refractivity contribution in [1.82, 2.24) is 20.0 Å². The van der Waals surface area contributed by atoms with Crippen LogP contribution in [-0.4, -0.2) is 46.9 Å². The summed E-state index contributed by atoms with van der Waals surface area (Å²) in [5.41, 5.74) is 1.33. The molecule has 1 unspecified atom stereocenters. The Morgan fingerprint density at radius 1 is 1.56 bits per heavy atom. The first kappa shape index (κ1) is 11.6. The molecule has 1 aromatic heterocycles. The maximum Gasteiger partial charge on any atom is 0.0492 e. The molecule has 1 atom stereocenters. The molecular formula is C12H22N4. The summed E-state index contributed by atoms with van der Waals surface area (Å²) in [4.78, 5) is 2.55. The Morgan fingerprint density at radius 3 is 3.12 bits per heavy atom. The average Bonchev–Trinajstić information content (AvgIpc) is 2.72. The fourth-order valence-corrected chi connectivity index (χ4v) is 2.29. The SMILES string of the molecule is CCC1CN(CCc2ccnn2C)CCN1. The summed E-state index contributed by atoms with van der Waals surface area (Å²) in [5, 5.41) is 7.74. The van der Waals surface area contributed by atoms with Gasteiger partial charge in [0.1, 0.15) is 0 Å². The molecule has 90 valence electrons. The van der Waals surface area contributed by atoms with Crippen LogP contribution in [0.4, 0.5) is 0 Å². The van der Waals surface area contributed by atoms with Gasteiger partial charge < -0.3 is 10.2 Å².